The molecule has 2 aliphatic heterocycles. The number of carbonyl (C=O) groups is 2. The number of hydrogen-bond donors (Lipinski definition) is 1. The molecule has 6 nitrogen and oxygen atoms in total. The van der Waals surface area contributed by atoms with Gasteiger partial charge >= 0.3 is 12.0 Å². The Balaban J connectivity index is 1.73. The van der Waals surface area contributed by atoms with Crippen molar-refractivity contribution in [1.29, 1.82) is 0 Å². The van der Waals surface area contributed by atoms with E-state index in [9.17, 15) is 14.7 Å². The maximum absolute atomic E-state index is 12.7. The van der Waals surface area contributed by atoms with Gasteiger partial charge < -0.3 is 19.6 Å². The number of hydrogen-bond acceptors (Lipinski definition) is 4. The summed E-state index contributed by atoms with van der Waals surface area (Å²) < 4.78 is 5.77. The van der Waals surface area contributed by atoms with E-state index >= 15 is 0 Å². The normalized spacial score (nSPS) is 33.9. The van der Waals surface area contributed by atoms with Crippen LogP contribution >= 0.6 is 11.8 Å². The Labute approximate surface area is 122 Å². The second kappa shape index (κ2) is 5.81. The van der Waals surface area contributed by atoms with Gasteiger partial charge in [-0.1, -0.05) is 12.8 Å². The average molecular weight is 300 g/mol. The number of ether oxygens (including phenoxy) is 1. The highest BCUT2D eigenvalue weighted by Gasteiger charge is 2.42. The molecular formula is C13H20N2O4S. The van der Waals surface area contributed by atoms with Gasteiger partial charge in [0.05, 0.1) is 24.6 Å². The fourth-order valence-corrected chi connectivity index (χ4v) is 4.47. The van der Waals surface area contributed by atoms with Crippen molar-refractivity contribution < 1.29 is 19.4 Å². The number of rotatable bonds is 1. The summed E-state index contributed by atoms with van der Waals surface area (Å²) in [6, 6.07) is -0.676. The molecule has 1 N–H and O–H groups in total. The van der Waals surface area contributed by atoms with Gasteiger partial charge in [-0.2, -0.15) is 0 Å². The molecule has 1 saturated carbocycles. The standard InChI is InChI=1S/C13H20N2O4S/c16-12(17)10-7-20-8-15(10)13(18)14-5-6-19-11-4-2-1-3-9(11)14/h9-11H,1-8H2,(H,16,17)/t9?,10-,11?/m0/s1. The van der Waals surface area contributed by atoms with E-state index < -0.39 is 12.0 Å². The highest BCUT2D eigenvalue weighted by Crippen LogP contribution is 2.31. The van der Waals surface area contributed by atoms with Crippen LogP contribution in [0.15, 0.2) is 0 Å². The van der Waals surface area contributed by atoms with Gasteiger partial charge in [-0.15, -0.1) is 11.8 Å². The van der Waals surface area contributed by atoms with Gasteiger partial charge in [0.15, 0.2) is 0 Å². The van der Waals surface area contributed by atoms with Gasteiger partial charge in [0.1, 0.15) is 6.04 Å². The number of aliphatic carboxylic acids is 1. The largest absolute Gasteiger partial charge is 0.480 e. The average Bonchev–Trinajstić information content (AvgIpc) is 2.95. The van der Waals surface area contributed by atoms with Crippen LogP contribution in [0.2, 0.25) is 0 Å². The van der Waals surface area contributed by atoms with Crippen molar-refractivity contribution in [2.45, 2.75) is 43.9 Å². The van der Waals surface area contributed by atoms with Gasteiger partial charge in [0, 0.05) is 12.3 Å². The molecule has 1 aliphatic carbocycles. The summed E-state index contributed by atoms with van der Waals surface area (Å²) in [6.45, 7) is 1.14. The summed E-state index contributed by atoms with van der Waals surface area (Å²) in [7, 11) is 0. The summed E-state index contributed by atoms with van der Waals surface area (Å²) >= 11 is 1.51. The first kappa shape index (κ1) is 14.0. The van der Waals surface area contributed by atoms with Gasteiger partial charge in [0.2, 0.25) is 0 Å². The van der Waals surface area contributed by atoms with Crippen LogP contribution in [0.25, 0.3) is 0 Å². The predicted octanol–water partition coefficient (Wildman–Crippen LogP) is 1.21. The molecule has 0 aromatic heterocycles. The summed E-state index contributed by atoms with van der Waals surface area (Å²) in [6.07, 6.45) is 4.38. The van der Waals surface area contributed by atoms with E-state index in [1.165, 1.54) is 16.7 Å². The van der Waals surface area contributed by atoms with E-state index in [4.69, 9.17) is 4.74 Å². The summed E-state index contributed by atoms with van der Waals surface area (Å²) in [5.74, 6) is 0.0566. The second-order valence-corrected chi connectivity index (χ2v) is 6.56. The van der Waals surface area contributed by atoms with Crippen LogP contribution in [0.1, 0.15) is 25.7 Å². The molecular weight excluding hydrogens is 280 g/mol. The zero-order valence-corrected chi connectivity index (χ0v) is 12.2. The Bertz CT molecular complexity index is 404. The van der Waals surface area contributed by atoms with E-state index in [0.29, 0.717) is 24.8 Å². The SMILES string of the molecule is O=C(O)[C@@H]1CSCN1C(=O)N1CCOC2CCCCC21. The molecule has 20 heavy (non-hydrogen) atoms. The molecule has 2 heterocycles. The third-order valence-electron chi connectivity index (χ3n) is 4.39. The van der Waals surface area contributed by atoms with Crippen molar-refractivity contribution in [2.75, 3.05) is 24.8 Å². The number of carboxylic acid groups (broad SMARTS) is 1. The van der Waals surface area contributed by atoms with Crippen LogP contribution in [0.5, 0.6) is 0 Å². The molecule has 0 radical (unpaired) electrons. The Morgan fingerprint density at radius 3 is 2.80 bits per heavy atom. The van der Waals surface area contributed by atoms with E-state index in [0.717, 1.165) is 25.7 Å². The first-order chi connectivity index (χ1) is 9.68. The minimum Gasteiger partial charge on any atom is -0.480 e. The van der Waals surface area contributed by atoms with Gasteiger partial charge in [0.25, 0.3) is 0 Å². The minimum absolute atomic E-state index is 0.123. The van der Waals surface area contributed by atoms with Crippen LogP contribution < -0.4 is 0 Å². The number of thioether (sulfide) groups is 1. The molecule has 2 unspecified atom stereocenters. The number of carboxylic acids is 1. The van der Waals surface area contributed by atoms with Crippen LogP contribution in [0.4, 0.5) is 4.79 Å². The summed E-state index contributed by atoms with van der Waals surface area (Å²) in [5, 5.41) is 9.21. The van der Waals surface area contributed by atoms with E-state index in [-0.39, 0.29) is 18.2 Å². The van der Waals surface area contributed by atoms with Gasteiger partial charge in [-0.3, -0.25) is 0 Å². The lowest BCUT2D eigenvalue weighted by Gasteiger charge is -2.45. The molecule has 7 heteroatoms. The van der Waals surface area contributed by atoms with Crippen LogP contribution in [0.3, 0.4) is 0 Å². The van der Waals surface area contributed by atoms with Crippen LogP contribution in [0, 0.1) is 0 Å². The zero-order valence-electron chi connectivity index (χ0n) is 11.4. The lowest BCUT2D eigenvalue weighted by molar-refractivity contribution is -0.141. The molecule has 2 amide bonds. The third-order valence-corrected chi connectivity index (χ3v) is 5.40. The number of amides is 2. The van der Waals surface area contributed by atoms with E-state index in [1.807, 2.05) is 4.90 Å². The highest BCUT2D eigenvalue weighted by molar-refractivity contribution is 7.99. The monoisotopic (exact) mass is 300 g/mol. The number of carbonyl (C=O) groups excluding carboxylic acids is 1. The zero-order chi connectivity index (χ0) is 14.1. The predicted molar refractivity (Wildman–Crippen MR) is 74.7 cm³/mol. The lowest BCUT2D eigenvalue weighted by Crippen LogP contribution is -2.59. The quantitative estimate of drug-likeness (QED) is 0.788. The maximum atomic E-state index is 12.7. The topological polar surface area (TPSA) is 70.1 Å². The molecule has 3 fully saturated rings. The van der Waals surface area contributed by atoms with Gasteiger partial charge in [-0.05, 0) is 12.8 Å². The van der Waals surface area contributed by atoms with Crippen molar-refractivity contribution >= 4 is 23.8 Å². The molecule has 3 rings (SSSR count). The second-order valence-electron chi connectivity index (χ2n) is 5.56. The highest BCUT2D eigenvalue weighted by atomic mass is 32.2. The summed E-state index contributed by atoms with van der Waals surface area (Å²) in [4.78, 5) is 27.3. The first-order valence-electron chi connectivity index (χ1n) is 7.18. The maximum Gasteiger partial charge on any atom is 0.327 e. The molecule has 3 aliphatic rings. The van der Waals surface area contributed by atoms with Crippen LogP contribution in [-0.4, -0.2) is 69.9 Å². The molecule has 112 valence electrons. The Morgan fingerprint density at radius 1 is 1.20 bits per heavy atom. The molecule has 0 aromatic rings. The van der Waals surface area contributed by atoms with Crippen LogP contribution in [-0.2, 0) is 9.53 Å². The minimum atomic E-state index is -0.906. The Morgan fingerprint density at radius 2 is 2.00 bits per heavy atom. The molecule has 0 spiro atoms. The number of nitrogens with zero attached hydrogens (tertiary/aromatic N) is 2. The van der Waals surface area contributed by atoms with Crippen molar-refractivity contribution in [3.05, 3.63) is 0 Å². The Hall–Kier alpha value is -0.950. The number of fused-ring (bicyclic) bond motifs is 1. The van der Waals surface area contributed by atoms with Crippen molar-refractivity contribution in [3.8, 4) is 0 Å². The molecule has 3 atom stereocenters. The lowest BCUT2D eigenvalue weighted by atomic mass is 9.90. The molecule has 0 bridgehead atoms. The number of urea groups is 1. The van der Waals surface area contributed by atoms with Crippen molar-refractivity contribution in [1.82, 2.24) is 9.80 Å². The van der Waals surface area contributed by atoms with E-state index in [2.05, 4.69) is 0 Å². The van der Waals surface area contributed by atoms with Gasteiger partial charge in [-0.25, -0.2) is 9.59 Å². The first-order valence-corrected chi connectivity index (χ1v) is 8.33. The fraction of sp³-hybridized carbons (Fsp3) is 0.846. The summed E-state index contributed by atoms with van der Waals surface area (Å²) in [5.41, 5.74) is 0. The number of morpholine rings is 1. The third kappa shape index (κ3) is 2.48. The van der Waals surface area contributed by atoms with E-state index in [1.54, 1.807) is 0 Å². The van der Waals surface area contributed by atoms with Crippen molar-refractivity contribution in [3.63, 3.8) is 0 Å². The Kier molecular flexibility index (Phi) is 4.07. The fourth-order valence-electron chi connectivity index (χ4n) is 3.33. The van der Waals surface area contributed by atoms with Crippen molar-refractivity contribution in [2.24, 2.45) is 0 Å². The molecule has 0 aromatic carbocycles. The molecule has 2 saturated heterocycles. The smallest absolute Gasteiger partial charge is 0.327 e.